The number of rotatable bonds is 10. The highest BCUT2D eigenvalue weighted by Crippen LogP contribution is 2.40. The second-order valence-corrected chi connectivity index (χ2v) is 10.6. The lowest BCUT2D eigenvalue weighted by Gasteiger charge is -2.34. The van der Waals surface area contributed by atoms with E-state index in [0.29, 0.717) is 43.2 Å². The van der Waals surface area contributed by atoms with Crippen molar-refractivity contribution in [2.75, 3.05) is 26.9 Å². The van der Waals surface area contributed by atoms with Crippen LogP contribution in [-0.4, -0.2) is 55.7 Å². The van der Waals surface area contributed by atoms with Crippen LogP contribution in [0, 0.1) is 10.1 Å². The van der Waals surface area contributed by atoms with Crippen LogP contribution in [0.2, 0.25) is 0 Å². The summed E-state index contributed by atoms with van der Waals surface area (Å²) < 4.78 is 27.8. The zero-order chi connectivity index (χ0) is 30.4. The van der Waals surface area contributed by atoms with E-state index in [1.807, 2.05) is 38.1 Å². The minimum absolute atomic E-state index is 0.0932. The molecule has 4 rings (SSSR count). The lowest BCUT2D eigenvalue weighted by atomic mass is 9.80. The highest BCUT2D eigenvalue weighted by Gasteiger charge is 2.38. The molecule has 1 N–H and O–H groups in total. The van der Waals surface area contributed by atoms with Crippen molar-refractivity contribution < 1.29 is 38.2 Å². The fraction of sp³-hybridized carbons (Fsp3) is 0.419. The molecule has 42 heavy (non-hydrogen) atoms. The summed E-state index contributed by atoms with van der Waals surface area (Å²) in [5.74, 6) is -2.77. The lowest BCUT2D eigenvalue weighted by molar-refractivity contribution is -0.384. The van der Waals surface area contributed by atoms with Crippen LogP contribution < -0.4 is 5.32 Å². The highest BCUT2D eigenvalue weighted by atomic mass is 16.7. The van der Waals surface area contributed by atoms with Gasteiger partial charge in [0.25, 0.3) is 5.69 Å². The van der Waals surface area contributed by atoms with Crippen molar-refractivity contribution in [1.82, 2.24) is 5.32 Å². The SMILES string of the molecule is COC(=O)C1=C(C)NC(C)=C(C(=O)OCCc2ccc(COC3COC(C)(C)OC3)cc2)C1c1cccc([N+](=O)[O-])c1. The number of nitrogens with zero attached hydrogens (tertiary/aromatic N) is 1. The molecule has 2 aliphatic rings. The number of benzene rings is 2. The van der Waals surface area contributed by atoms with Crippen molar-refractivity contribution in [3.8, 4) is 0 Å². The van der Waals surface area contributed by atoms with Gasteiger partial charge in [-0.3, -0.25) is 10.1 Å². The normalized spacial score (nSPS) is 18.8. The fourth-order valence-corrected chi connectivity index (χ4v) is 4.93. The molecule has 11 nitrogen and oxygen atoms in total. The Morgan fingerprint density at radius 1 is 1.00 bits per heavy atom. The van der Waals surface area contributed by atoms with Crippen molar-refractivity contribution in [2.45, 2.75) is 58.5 Å². The number of hydrogen-bond acceptors (Lipinski definition) is 10. The smallest absolute Gasteiger partial charge is 0.336 e. The second kappa shape index (κ2) is 13.3. The van der Waals surface area contributed by atoms with E-state index in [2.05, 4.69) is 5.32 Å². The number of methoxy groups -OCH3 is 1. The number of esters is 2. The molecule has 0 bridgehead atoms. The monoisotopic (exact) mass is 580 g/mol. The topological polar surface area (TPSA) is 135 Å². The van der Waals surface area contributed by atoms with Gasteiger partial charge in [0.15, 0.2) is 5.79 Å². The van der Waals surface area contributed by atoms with Gasteiger partial charge in [-0.1, -0.05) is 36.4 Å². The summed E-state index contributed by atoms with van der Waals surface area (Å²) in [5, 5.41) is 14.5. The number of nitrogens with one attached hydrogen (secondary N) is 1. The Morgan fingerprint density at radius 2 is 1.62 bits per heavy atom. The highest BCUT2D eigenvalue weighted by molar-refractivity contribution is 5.99. The van der Waals surface area contributed by atoms with Gasteiger partial charge >= 0.3 is 11.9 Å². The molecule has 0 radical (unpaired) electrons. The Balaban J connectivity index is 1.41. The van der Waals surface area contributed by atoms with E-state index in [-0.39, 0.29) is 29.5 Å². The van der Waals surface area contributed by atoms with Crippen molar-refractivity contribution in [3.05, 3.63) is 97.9 Å². The van der Waals surface area contributed by atoms with Crippen LogP contribution in [0.15, 0.2) is 71.1 Å². The summed E-state index contributed by atoms with van der Waals surface area (Å²) in [6, 6.07) is 13.7. The van der Waals surface area contributed by atoms with Gasteiger partial charge in [-0.05, 0) is 44.4 Å². The van der Waals surface area contributed by atoms with Gasteiger partial charge in [-0.15, -0.1) is 0 Å². The largest absolute Gasteiger partial charge is 0.466 e. The molecular formula is C31H36N2O9. The number of carbonyl (C=O) groups excluding carboxylic acids is 2. The maximum Gasteiger partial charge on any atom is 0.336 e. The van der Waals surface area contributed by atoms with Crippen molar-refractivity contribution in [2.24, 2.45) is 0 Å². The van der Waals surface area contributed by atoms with Crippen LogP contribution in [-0.2, 0) is 46.3 Å². The number of carbonyl (C=O) groups is 2. The number of dihydropyridines is 1. The van der Waals surface area contributed by atoms with Crippen LogP contribution >= 0.6 is 0 Å². The fourth-order valence-electron chi connectivity index (χ4n) is 4.93. The quantitative estimate of drug-likeness (QED) is 0.244. The molecule has 1 saturated heterocycles. The lowest BCUT2D eigenvalue weighted by Crippen LogP contribution is -2.43. The first kappa shape index (κ1) is 30.9. The van der Waals surface area contributed by atoms with E-state index in [4.69, 9.17) is 23.7 Å². The first-order chi connectivity index (χ1) is 20.0. The number of allylic oxidation sites excluding steroid dienone is 2. The summed E-state index contributed by atoms with van der Waals surface area (Å²) in [5.41, 5.74) is 3.56. The summed E-state index contributed by atoms with van der Waals surface area (Å²) in [4.78, 5) is 37.1. The Labute approximate surface area is 244 Å². The van der Waals surface area contributed by atoms with E-state index >= 15 is 0 Å². The molecule has 2 aliphatic heterocycles. The predicted octanol–water partition coefficient (Wildman–Crippen LogP) is 4.46. The van der Waals surface area contributed by atoms with E-state index in [1.165, 1.54) is 25.3 Å². The van der Waals surface area contributed by atoms with Crippen molar-refractivity contribution in [3.63, 3.8) is 0 Å². The molecular weight excluding hydrogens is 544 g/mol. The zero-order valence-corrected chi connectivity index (χ0v) is 24.4. The first-order valence-electron chi connectivity index (χ1n) is 13.6. The van der Waals surface area contributed by atoms with Crippen LogP contribution in [0.4, 0.5) is 5.69 Å². The zero-order valence-electron chi connectivity index (χ0n) is 24.4. The minimum atomic E-state index is -0.906. The van der Waals surface area contributed by atoms with E-state index in [0.717, 1.165) is 11.1 Å². The molecule has 2 aromatic rings. The third kappa shape index (κ3) is 7.41. The molecule has 1 unspecified atom stereocenters. The summed E-state index contributed by atoms with van der Waals surface area (Å²) in [6.45, 7) is 8.59. The van der Waals surface area contributed by atoms with Crippen LogP contribution in [0.1, 0.15) is 50.3 Å². The van der Waals surface area contributed by atoms with Gasteiger partial charge in [0.05, 0.1) is 55.5 Å². The summed E-state index contributed by atoms with van der Waals surface area (Å²) in [7, 11) is 1.24. The van der Waals surface area contributed by atoms with Crippen LogP contribution in [0.25, 0.3) is 0 Å². The molecule has 0 spiro atoms. The summed E-state index contributed by atoms with van der Waals surface area (Å²) >= 11 is 0. The van der Waals surface area contributed by atoms with Gasteiger partial charge in [0.2, 0.25) is 0 Å². The number of non-ortho nitro benzene ring substituents is 1. The van der Waals surface area contributed by atoms with Gasteiger partial charge in [0, 0.05) is 29.9 Å². The third-order valence-electron chi connectivity index (χ3n) is 7.17. The molecule has 11 heteroatoms. The van der Waals surface area contributed by atoms with Gasteiger partial charge in [-0.2, -0.15) is 0 Å². The molecule has 1 atom stereocenters. The maximum atomic E-state index is 13.4. The molecule has 0 aliphatic carbocycles. The molecule has 1 fully saturated rings. The molecule has 2 heterocycles. The first-order valence-corrected chi connectivity index (χ1v) is 13.6. The number of ether oxygens (including phenoxy) is 5. The number of hydrogen-bond donors (Lipinski definition) is 1. The Hall–Kier alpha value is -4.06. The van der Waals surface area contributed by atoms with Gasteiger partial charge in [-0.25, -0.2) is 9.59 Å². The van der Waals surface area contributed by atoms with E-state index in [1.54, 1.807) is 19.9 Å². The average molecular weight is 581 g/mol. The van der Waals surface area contributed by atoms with Crippen molar-refractivity contribution >= 4 is 17.6 Å². The van der Waals surface area contributed by atoms with Gasteiger partial charge in [0.1, 0.15) is 6.10 Å². The van der Waals surface area contributed by atoms with Crippen LogP contribution in [0.3, 0.4) is 0 Å². The van der Waals surface area contributed by atoms with Crippen molar-refractivity contribution in [1.29, 1.82) is 0 Å². The Bertz CT molecular complexity index is 1390. The second-order valence-electron chi connectivity index (χ2n) is 10.6. The van der Waals surface area contributed by atoms with E-state index in [9.17, 15) is 19.7 Å². The standard InChI is InChI=1S/C31H36N2O9/c1-19-26(29(34)38-5)28(23-7-6-8-24(15-23)33(36)37)27(20(2)32-19)30(35)39-14-13-21-9-11-22(12-10-21)16-40-25-17-41-31(3,4)42-18-25/h6-12,15,25,28,32H,13-14,16-18H2,1-5H3. The van der Waals surface area contributed by atoms with Gasteiger partial charge < -0.3 is 29.0 Å². The number of nitro groups is 1. The predicted molar refractivity (Wildman–Crippen MR) is 152 cm³/mol. The maximum absolute atomic E-state index is 13.4. The number of nitro benzene ring substituents is 1. The average Bonchev–Trinajstić information content (AvgIpc) is 2.96. The Morgan fingerprint density at radius 3 is 2.24 bits per heavy atom. The van der Waals surface area contributed by atoms with Crippen LogP contribution in [0.5, 0.6) is 0 Å². The molecule has 0 saturated carbocycles. The third-order valence-corrected chi connectivity index (χ3v) is 7.17. The molecule has 0 amide bonds. The molecule has 2 aromatic carbocycles. The Kier molecular flexibility index (Phi) is 9.77. The van der Waals surface area contributed by atoms with E-state index < -0.39 is 28.6 Å². The minimum Gasteiger partial charge on any atom is -0.466 e. The molecule has 0 aromatic heterocycles. The molecule has 224 valence electrons. The summed E-state index contributed by atoms with van der Waals surface area (Å²) in [6.07, 6.45) is 0.333.